The summed E-state index contributed by atoms with van der Waals surface area (Å²) in [5.74, 6) is -0.893. The van der Waals surface area contributed by atoms with Crippen molar-refractivity contribution in [2.24, 2.45) is 5.92 Å². The maximum absolute atomic E-state index is 12.1. The molecule has 1 aliphatic rings. The highest BCUT2D eigenvalue weighted by Crippen LogP contribution is 2.19. The Kier molecular flexibility index (Phi) is 5.77. The molecular weight excluding hydrogens is 286 g/mol. The van der Waals surface area contributed by atoms with Crippen molar-refractivity contribution in [2.45, 2.75) is 26.1 Å². The van der Waals surface area contributed by atoms with E-state index in [0.717, 1.165) is 5.56 Å². The van der Waals surface area contributed by atoms with Crippen LogP contribution in [0, 0.1) is 5.92 Å². The summed E-state index contributed by atoms with van der Waals surface area (Å²) >= 11 is 0. The maximum atomic E-state index is 12.1. The lowest BCUT2D eigenvalue weighted by molar-refractivity contribution is -0.151. The zero-order valence-corrected chi connectivity index (χ0v) is 12.6. The number of esters is 1. The minimum Gasteiger partial charge on any atom is -0.466 e. The quantitative estimate of drug-likeness (QED) is 0.855. The van der Waals surface area contributed by atoms with E-state index in [2.05, 4.69) is 0 Å². The summed E-state index contributed by atoms with van der Waals surface area (Å²) in [4.78, 5) is 25.2. The molecule has 1 amide bonds. The maximum Gasteiger partial charge on any atom is 0.410 e. The van der Waals surface area contributed by atoms with Gasteiger partial charge in [-0.25, -0.2) is 4.79 Å². The van der Waals surface area contributed by atoms with Crippen molar-refractivity contribution < 1.29 is 24.2 Å². The lowest BCUT2D eigenvalue weighted by atomic mass is 9.96. The van der Waals surface area contributed by atoms with Gasteiger partial charge in [0.1, 0.15) is 6.61 Å². The molecule has 1 heterocycles. The van der Waals surface area contributed by atoms with Crippen molar-refractivity contribution >= 4 is 12.1 Å². The Labute approximate surface area is 129 Å². The number of β-amino-alcohol motifs (C(OH)–C–C–N with tert-alkyl or cyclic N) is 1. The third-order valence-electron chi connectivity index (χ3n) is 3.51. The van der Waals surface area contributed by atoms with Crippen LogP contribution in [0.4, 0.5) is 4.79 Å². The summed E-state index contributed by atoms with van der Waals surface area (Å²) in [5, 5.41) is 9.84. The molecule has 0 bridgehead atoms. The van der Waals surface area contributed by atoms with Crippen molar-refractivity contribution in [1.82, 2.24) is 4.90 Å². The summed E-state index contributed by atoms with van der Waals surface area (Å²) in [7, 11) is 0. The topological polar surface area (TPSA) is 76.1 Å². The molecule has 1 fully saturated rings. The average molecular weight is 307 g/mol. The molecule has 2 rings (SSSR count). The van der Waals surface area contributed by atoms with E-state index in [9.17, 15) is 14.7 Å². The van der Waals surface area contributed by atoms with E-state index in [1.54, 1.807) is 6.92 Å². The van der Waals surface area contributed by atoms with E-state index >= 15 is 0 Å². The molecule has 0 spiro atoms. The van der Waals surface area contributed by atoms with E-state index in [1.807, 2.05) is 30.3 Å². The Bertz CT molecular complexity index is 505. The van der Waals surface area contributed by atoms with E-state index in [0.29, 0.717) is 6.42 Å². The number of hydrogen-bond donors (Lipinski definition) is 1. The fourth-order valence-electron chi connectivity index (χ4n) is 2.46. The number of aliphatic hydroxyl groups excluding tert-OH is 1. The summed E-state index contributed by atoms with van der Waals surface area (Å²) in [5.41, 5.74) is 0.885. The molecule has 1 saturated heterocycles. The van der Waals surface area contributed by atoms with Crippen molar-refractivity contribution in [1.29, 1.82) is 0 Å². The monoisotopic (exact) mass is 307 g/mol. The van der Waals surface area contributed by atoms with Crippen LogP contribution in [0.25, 0.3) is 0 Å². The van der Waals surface area contributed by atoms with Crippen LogP contribution < -0.4 is 0 Å². The second-order valence-corrected chi connectivity index (χ2v) is 5.28. The van der Waals surface area contributed by atoms with Crippen LogP contribution in [0.15, 0.2) is 30.3 Å². The van der Waals surface area contributed by atoms with E-state index < -0.39 is 18.1 Å². The Hall–Kier alpha value is -2.08. The van der Waals surface area contributed by atoms with Crippen LogP contribution in [0.5, 0.6) is 0 Å². The number of amides is 1. The number of ether oxygens (including phenoxy) is 2. The molecule has 1 aliphatic heterocycles. The van der Waals surface area contributed by atoms with Gasteiger partial charge in [-0.1, -0.05) is 30.3 Å². The first kappa shape index (κ1) is 16.3. The van der Waals surface area contributed by atoms with E-state index in [4.69, 9.17) is 9.47 Å². The second-order valence-electron chi connectivity index (χ2n) is 5.28. The van der Waals surface area contributed by atoms with Gasteiger partial charge in [0.05, 0.1) is 18.6 Å². The molecule has 6 heteroatoms. The highest BCUT2D eigenvalue weighted by Gasteiger charge is 2.34. The fraction of sp³-hybridized carbons (Fsp3) is 0.500. The van der Waals surface area contributed by atoms with Crippen LogP contribution in [-0.2, 0) is 20.9 Å². The SMILES string of the molecule is CCOC(=O)[C@H]1C[C@@H](O)CN(C(=O)OCc2ccccc2)C1. The number of aliphatic hydroxyl groups is 1. The minimum atomic E-state index is -0.743. The van der Waals surface area contributed by atoms with Crippen LogP contribution in [0.2, 0.25) is 0 Å². The lowest BCUT2D eigenvalue weighted by Crippen LogP contribution is -2.48. The molecule has 1 aromatic carbocycles. The third kappa shape index (κ3) is 4.46. The molecule has 0 radical (unpaired) electrons. The standard InChI is InChI=1S/C16H21NO5/c1-2-21-15(19)13-8-14(18)10-17(9-13)16(20)22-11-12-6-4-3-5-7-12/h3-7,13-14,18H,2,8-11H2,1H3/t13-,14+/m0/s1. The smallest absolute Gasteiger partial charge is 0.410 e. The average Bonchev–Trinajstić information content (AvgIpc) is 2.53. The van der Waals surface area contributed by atoms with Crippen molar-refractivity contribution in [3.63, 3.8) is 0 Å². The zero-order chi connectivity index (χ0) is 15.9. The van der Waals surface area contributed by atoms with Gasteiger partial charge in [0, 0.05) is 13.1 Å². The molecule has 120 valence electrons. The predicted molar refractivity (Wildman–Crippen MR) is 78.9 cm³/mol. The molecule has 0 aromatic heterocycles. The highest BCUT2D eigenvalue weighted by atomic mass is 16.6. The normalized spacial score (nSPS) is 21.3. The van der Waals surface area contributed by atoms with Gasteiger partial charge in [-0.2, -0.15) is 0 Å². The number of rotatable bonds is 4. The largest absolute Gasteiger partial charge is 0.466 e. The molecule has 1 N–H and O–H groups in total. The van der Waals surface area contributed by atoms with Crippen molar-refractivity contribution in [3.8, 4) is 0 Å². The first-order chi connectivity index (χ1) is 10.6. The van der Waals surface area contributed by atoms with Crippen LogP contribution in [0.3, 0.4) is 0 Å². The molecule has 0 aliphatic carbocycles. The number of piperidine rings is 1. The Balaban J connectivity index is 1.89. The summed E-state index contributed by atoms with van der Waals surface area (Å²) in [6.45, 7) is 2.55. The van der Waals surface area contributed by atoms with Gasteiger partial charge in [-0.3, -0.25) is 4.79 Å². The fourth-order valence-corrected chi connectivity index (χ4v) is 2.46. The van der Waals surface area contributed by atoms with Gasteiger partial charge in [0.2, 0.25) is 0 Å². The lowest BCUT2D eigenvalue weighted by Gasteiger charge is -2.33. The first-order valence-corrected chi connectivity index (χ1v) is 7.40. The van der Waals surface area contributed by atoms with Gasteiger partial charge in [0.15, 0.2) is 0 Å². The molecular formula is C16H21NO5. The van der Waals surface area contributed by atoms with Crippen molar-refractivity contribution in [2.75, 3.05) is 19.7 Å². The second kappa shape index (κ2) is 7.79. The van der Waals surface area contributed by atoms with Gasteiger partial charge in [-0.05, 0) is 18.9 Å². The summed E-state index contributed by atoms with van der Waals surface area (Å²) in [6, 6.07) is 9.34. The first-order valence-electron chi connectivity index (χ1n) is 7.40. The number of hydrogen-bond acceptors (Lipinski definition) is 5. The number of benzene rings is 1. The van der Waals surface area contributed by atoms with E-state index in [1.165, 1.54) is 4.90 Å². The molecule has 0 saturated carbocycles. The minimum absolute atomic E-state index is 0.163. The molecule has 22 heavy (non-hydrogen) atoms. The summed E-state index contributed by atoms with van der Waals surface area (Å²) < 4.78 is 10.2. The third-order valence-corrected chi connectivity index (χ3v) is 3.51. The Morgan fingerprint density at radius 1 is 1.23 bits per heavy atom. The molecule has 6 nitrogen and oxygen atoms in total. The Morgan fingerprint density at radius 2 is 1.95 bits per heavy atom. The number of likely N-dealkylation sites (tertiary alicyclic amines) is 1. The van der Waals surface area contributed by atoms with Crippen LogP contribution in [0.1, 0.15) is 18.9 Å². The van der Waals surface area contributed by atoms with Crippen LogP contribution in [-0.4, -0.2) is 47.9 Å². The Morgan fingerprint density at radius 3 is 2.64 bits per heavy atom. The van der Waals surface area contributed by atoms with Gasteiger partial charge < -0.3 is 19.5 Å². The van der Waals surface area contributed by atoms with Crippen molar-refractivity contribution in [3.05, 3.63) is 35.9 Å². The predicted octanol–water partition coefficient (Wildman–Crippen LogP) is 1.57. The van der Waals surface area contributed by atoms with Gasteiger partial charge >= 0.3 is 12.1 Å². The van der Waals surface area contributed by atoms with E-state index in [-0.39, 0.29) is 32.3 Å². The highest BCUT2D eigenvalue weighted by molar-refractivity contribution is 5.75. The van der Waals surface area contributed by atoms with Gasteiger partial charge in [0.25, 0.3) is 0 Å². The number of carbonyl (C=O) groups excluding carboxylic acids is 2. The zero-order valence-electron chi connectivity index (χ0n) is 12.6. The van der Waals surface area contributed by atoms with Gasteiger partial charge in [-0.15, -0.1) is 0 Å². The molecule has 0 unspecified atom stereocenters. The number of carbonyl (C=O) groups is 2. The molecule has 2 atom stereocenters. The molecule has 1 aromatic rings. The van der Waals surface area contributed by atoms with Crippen LogP contribution >= 0.6 is 0 Å². The summed E-state index contributed by atoms with van der Waals surface area (Å²) in [6.07, 6.45) is -0.967. The number of nitrogens with zero attached hydrogens (tertiary/aromatic N) is 1.